The van der Waals surface area contributed by atoms with Gasteiger partial charge >= 0.3 is 0 Å². The minimum Gasteiger partial charge on any atom is -0.360 e. The highest BCUT2D eigenvalue weighted by Gasteiger charge is 2.39. The van der Waals surface area contributed by atoms with Gasteiger partial charge in [-0.25, -0.2) is 12.8 Å². The second-order valence-electron chi connectivity index (χ2n) is 8.51. The summed E-state index contributed by atoms with van der Waals surface area (Å²) in [4.78, 5) is 17.1. The molecule has 28 heavy (non-hydrogen) atoms. The first-order valence-corrected chi connectivity index (χ1v) is 12.2. The van der Waals surface area contributed by atoms with Crippen molar-refractivity contribution in [2.75, 3.05) is 29.5 Å². The van der Waals surface area contributed by atoms with Gasteiger partial charge in [-0.1, -0.05) is 18.9 Å². The summed E-state index contributed by atoms with van der Waals surface area (Å²) in [5.74, 6) is -0.0971. The number of sulfone groups is 1. The standard InChI is InChI=1S/C21H29FN2O3S/c1-15-8-9-19(22)21-18(15)7-4-11-23(21)13-20(25)24(16-5-2-3-6-16)17-10-12-28(26,27)14-17/h8-9,16-17H,2-7,10-14H2,1H3. The Morgan fingerprint density at radius 3 is 2.61 bits per heavy atom. The van der Waals surface area contributed by atoms with Gasteiger partial charge in [0.05, 0.1) is 23.7 Å². The van der Waals surface area contributed by atoms with Gasteiger partial charge in [0.15, 0.2) is 9.84 Å². The lowest BCUT2D eigenvalue weighted by Crippen LogP contribution is -2.51. The van der Waals surface area contributed by atoms with Crippen LogP contribution >= 0.6 is 0 Å². The van der Waals surface area contributed by atoms with Gasteiger partial charge in [0.2, 0.25) is 5.91 Å². The third kappa shape index (κ3) is 3.78. The van der Waals surface area contributed by atoms with Crippen molar-refractivity contribution in [1.29, 1.82) is 0 Å². The monoisotopic (exact) mass is 408 g/mol. The van der Waals surface area contributed by atoms with Crippen molar-refractivity contribution < 1.29 is 17.6 Å². The van der Waals surface area contributed by atoms with E-state index in [4.69, 9.17) is 0 Å². The summed E-state index contributed by atoms with van der Waals surface area (Å²) >= 11 is 0. The van der Waals surface area contributed by atoms with E-state index in [1.54, 1.807) is 6.07 Å². The largest absolute Gasteiger partial charge is 0.360 e. The van der Waals surface area contributed by atoms with Gasteiger partial charge < -0.3 is 9.80 Å². The van der Waals surface area contributed by atoms with Crippen LogP contribution in [0.15, 0.2) is 12.1 Å². The summed E-state index contributed by atoms with van der Waals surface area (Å²) < 4.78 is 38.7. The molecule has 2 fully saturated rings. The summed E-state index contributed by atoms with van der Waals surface area (Å²) in [6.45, 7) is 2.76. The molecule has 0 spiro atoms. The number of hydrogen-bond acceptors (Lipinski definition) is 4. The molecule has 3 aliphatic rings. The van der Waals surface area contributed by atoms with Crippen molar-refractivity contribution in [3.8, 4) is 0 Å². The number of nitrogens with zero attached hydrogens (tertiary/aromatic N) is 2. The summed E-state index contributed by atoms with van der Waals surface area (Å²) in [6.07, 6.45) is 6.28. The van der Waals surface area contributed by atoms with Crippen LogP contribution in [0, 0.1) is 12.7 Å². The number of halogens is 1. The maximum Gasteiger partial charge on any atom is 0.242 e. The van der Waals surface area contributed by atoms with Crippen molar-refractivity contribution in [2.24, 2.45) is 0 Å². The smallest absolute Gasteiger partial charge is 0.242 e. The number of anilines is 1. The van der Waals surface area contributed by atoms with Gasteiger partial charge in [0.1, 0.15) is 5.82 Å². The van der Waals surface area contributed by atoms with Crippen LogP contribution in [0.5, 0.6) is 0 Å². The number of carbonyl (C=O) groups excluding carboxylic acids is 1. The Morgan fingerprint density at radius 1 is 1.18 bits per heavy atom. The molecule has 1 aliphatic carbocycles. The molecule has 0 bridgehead atoms. The molecule has 1 amide bonds. The Bertz CT molecular complexity index is 865. The van der Waals surface area contributed by atoms with Crippen LogP contribution in [0.4, 0.5) is 10.1 Å². The van der Waals surface area contributed by atoms with E-state index in [0.29, 0.717) is 18.7 Å². The first-order valence-electron chi connectivity index (χ1n) is 10.4. The van der Waals surface area contributed by atoms with Crippen molar-refractivity contribution in [1.82, 2.24) is 4.90 Å². The number of fused-ring (bicyclic) bond motifs is 1. The van der Waals surface area contributed by atoms with E-state index < -0.39 is 9.84 Å². The average molecular weight is 409 g/mol. The minimum absolute atomic E-state index is 0.0530. The van der Waals surface area contributed by atoms with Crippen molar-refractivity contribution >= 4 is 21.4 Å². The van der Waals surface area contributed by atoms with Crippen LogP contribution in [-0.4, -0.2) is 55.9 Å². The number of aryl methyl sites for hydroxylation is 1. The van der Waals surface area contributed by atoms with Crippen molar-refractivity contribution in [3.63, 3.8) is 0 Å². The maximum atomic E-state index is 14.6. The fraction of sp³-hybridized carbons (Fsp3) is 0.667. The quantitative estimate of drug-likeness (QED) is 0.769. The van der Waals surface area contributed by atoms with Crippen LogP contribution in [0.2, 0.25) is 0 Å². The zero-order chi connectivity index (χ0) is 19.9. The molecule has 1 aromatic rings. The number of rotatable bonds is 4. The van der Waals surface area contributed by atoms with E-state index in [2.05, 4.69) is 0 Å². The fourth-order valence-electron chi connectivity index (χ4n) is 5.21. The number of benzene rings is 1. The van der Waals surface area contributed by atoms with Gasteiger partial charge in [-0.15, -0.1) is 0 Å². The van der Waals surface area contributed by atoms with Gasteiger partial charge in [-0.2, -0.15) is 0 Å². The van der Waals surface area contributed by atoms with E-state index in [1.807, 2.05) is 16.7 Å². The number of hydrogen-bond donors (Lipinski definition) is 0. The first-order chi connectivity index (χ1) is 13.4. The Labute approximate surface area is 166 Å². The van der Waals surface area contributed by atoms with E-state index in [9.17, 15) is 17.6 Å². The lowest BCUT2D eigenvalue weighted by atomic mass is 9.96. The molecule has 5 nitrogen and oxygen atoms in total. The second-order valence-corrected chi connectivity index (χ2v) is 10.7. The van der Waals surface area contributed by atoms with Crippen LogP contribution in [-0.2, 0) is 21.1 Å². The summed E-state index contributed by atoms with van der Waals surface area (Å²) in [5, 5.41) is 0. The molecule has 0 aromatic heterocycles. The predicted molar refractivity (Wildman–Crippen MR) is 108 cm³/mol. The third-order valence-electron chi connectivity index (χ3n) is 6.57. The lowest BCUT2D eigenvalue weighted by molar-refractivity contribution is -0.134. The molecule has 154 valence electrons. The number of amides is 1. The van der Waals surface area contributed by atoms with E-state index in [1.165, 1.54) is 6.07 Å². The highest BCUT2D eigenvalue weighted by Crippen LogP contribution is 2.34. The zero-order valence-electron chi connectivity index (χ0n) is 16.5. The molecule has 1 saturated heterocycles. The van der Waals surface area contributed by atoms with Crippen molar-refractivity contribution in [3.05, 3.63) is 29.1 Å². The topological polar surface area (TPSA) is 57.7 Å². The molecule has 0 N–H and O–H groups in total. The Balaban J connectivity index is 1.58. The van der Waals surface area contributed by atoms with Gasteiger partial charge in [0.25, 0.3) is 0 Å². The molecule has 0 radical (unpaired) electrons. The predicted octanol–water partition coefficient (Wildman–Crippen LogP) is 2.85. The van der Waals surface area contributed by atoms with Gasteiger partial charge in [-0.3, -0.25) is 4.79 Å². The highest BCUT2D eigenvalue weighted by molar-refractivity contribution is 7.91. The van der Waals surface area contributed by atoms with E-state index in [-0.39, 0.29) is 41.9 Å². The Morgan fingerprint density at radius 2 is 1.93 bits per heavy atom. The summed E-state index contributed by atoms with van der Waals surface area (Å²) in [7, 11) is -3.07. The summed E-state index contributed by atoms with van der Waals surface area (Å²) in [5.41, 5.74) is 2.61. The lowest BCUT2D eigenvalue weighted by Gasteiger charge is -2.38. The van der Waals surface area contributed by atoms with Gasteiger partial charge in [-0.05, 0) is 56.2 Å². The molecular formula is C21H29FN2O3S. The van der Waals surface area contributed by atoms with Crippen LogP contribution in [0.3, 0.4) is 0 Å². The molecule has 2 heterocycles. The molecule has 1 aromatic carbocycles. The SMILES string of the molecule is Cc1ccc(F)c2c1CCCN2CC(=O)N(C1CCCC1)C1CCS(=O)(=O)C1. The molecule has 4 rings (SSSR count). The normalized spacial score (nSPS) is 24.4. The molecule has 1 atom stereocenters. The van der Waals surface area contributed by atoms with Crippen LogP contribution in [0.1, 0.15) is 49.7 Å². The van der Waals surface area contributed by atoms with Crippen molar-refractivity contribution in [2.45, 2.75) is 64.0 Å². The average Bonchev–Trinajstić information content (AvgIpc) is 3.29. The Hall–Kier alpha value is -1.63. The maximum absolute atomic E-state index is 14.6. The zero-order valence-corrected chi connectivity index (χ0v) is 17.3. The summed E-state index contributed by atoms with van der Waals surface area (Å²) in [6, 6.07) is 3.17. The molecule has 2 aliphatic heterocycles. The minimum atomic E-state index is -3.07. The molecule has 1 saturated carbocycles. The Kier molecular flexibility index (Phi) is 5.38. The second kappa shape index (κ2) is 7.65. The highest BCUT2D eigenvalue weighted by atomic mass is 32.2. The molecule has 1 unspecified atom stereocenters. The first kappa shape index (κ1) is 19.7. The fourth-order valence-corrected chi connectivity index (χ4v) is 6.92. The van der Waals surface area contributed by atoms with E-state index in [0.717, 1.165) is 49.7 Å². The van der Waals surface area contributed by atoms with Crippen LogP contribution in [0.25, 0.3) is 0 Å². The number of carbonyl (C=O) groups is 1. The van der Waals surface area contributed by atoms with Gasteiger partial charge in [0, 0.05) is 18.6 Å². The third-order valence-corrected chi connectivity index (χ3v) is 8.32. The molecule has 7 heteroatoms. The van der Waals surface area contributed by atoms with Crippen LogP contribution < -0.4 is 4.90 Å². The molecular weight excluding hydrogens is 379 g/mol. The van der Waals surface area contributed by atoms with E-state index >= 15 is 0 Å².